The molecule has 7 nitrogen and oxygen atoms in total. The molecule has 182 valence electrons. The Morgan fingerprint density at radius 3 is 2.77 bits per heavy atom. The third-order valence-electron chi connectivity index (χ3n) is 7.75. The summed E-state index contributed by atoms with van der Waals surface area (Å²) in [5.41, 5.74) is 2.36. The SMILES string of the molecule is O=C(NC[C@@H]1CCCN2CCCC[C@H]12)c1cnn(-c2nccc(-c3ccccc3F)n2)c1C1CC1. The average Bonchev–Trinajstić information content (AvgIpc) is 3.65. The first-order chi connectivity index (χ1) is 17.2. The maximum atomic E-state index is 14.3. The van der Waals surface area contributed by atoms with Gasteiger partial charge >= 0.3 is 0 Å². The second kappa shape index (κ2) is 9.49. The summed E-state index contributed by atoms with van der Waals surface area (Å²) < 4.78 is 16.0. The maximum absolute atomic E-state index is 14.3. The van der Waals surface area contributed by atoms with Gasteiger partial charge in [-0.05, 0) is 75.7 Å². The second-order valence-corrected chi connectivity index (χ2v) is 10.1. The number of rotatable bonds is 6. The van der Waals surface area contributed by atoms with Crippen molar-refractivity contribution in [1.82, 2.24) is 30.0 Å². The van der Waals surface area contributed by atoms with Crippen LogP contribution in [0.1, 0.15) is 66.9 Å². The minimum Gasteiger partial charge on any atom is -0.352 e. The van der Waals surface area contributed by atoms with Crippen molar-refractivity contribution in [3.63, 3.8) is 0 Å². The molecule has 3 aliphatic rings. The highest BCUT2D eigenvalue weighted by atomic mass is 19.1. The largest absolute Gasteiger partial charge is 0.352 e. The highest BCUT2D eigenvalue weighted by Gasteiger charge is 2.35. The van der Waals surface area contributed by atoms with Crippen LogP contribution in [0.25, 0.3) is 17.2 Å². The number of aromatic nitrogens is 4. The molecule has 8 heteroatoms. The maximum Gasteiger partial charge on any atom is 0.254 e. The molecule has 0 spiro atoms. The van der Waals surface area contributed by atoms with Gasteiger partial charge in [0.15, 0.2) is 0 Å². The monoisotopic (exact) mass is 474 g/mol. The van der Waals surface area contributed by atoms with E-state index in [0.717, 1.165) is 18.5 Å². The Morgan fingerprint density at radius 2 is 1.91 bits per heavy atom. The number of piperidine rings is 2. The van der Waals surface area contributed by atoms with Crippen molar-refractivity contribution in [2.75, 3.05) is 19.6 Å². The molecule has 2 aromatic heterocycles. The van der Waals surface area contributed by atoms with E-state index in [2.05, 4.69) is 25.3 Å². The third kappa shape index (κ3) is 4.47. The second-order valence-electron chi connectivity index (χ2n) is 10.1. The highest BCUT2D eigenvalue weighted by molar-refractivity contribution is 5.95. The predicted octanol–water partition coefficient (Wildman–Crippen LogP) is 4.34. The van der Waals surface area contributed by atoms with E-state index < -0.39 is 0 Å². The quantitative estimate of drug-likeness (QED) is 0.575. The first-order valence-corrected chi connectivity index (χ1v) is 12.9. The molecule has 1 amide bonds. The molecule has 1 aliphatic carbocycles. The van der Waals surface area contributed by atoms with Crippen LogP contribution in [-0.4, -0.2) is 56.2 Å². The van der Waals surface area contributed by atoms with Crippen molar-refractivity contribution in [2.24, 2.45) is 5.92 Å². The van der Waals surface area contributed by atoms with Gasteiger partial charge in [-0.25, -0.2) is 19.0 Å². The van der Waals surface area contributed by atoms with Gasteiger partial charge in [0.2, 0.25) is 0 Å². The molecular formula is C27H31FN6O. The fourth-order valence-electron chi connectivity index (χ4n) is 5.85. The summed E-state index contributed by atoms with van der Waals surface area (Å²) in [6, 6.07) is 8.84. The van der Waals surface area contributed by atoms with Crippen molar-refractivity contribution >= 4 is 5.91 Å². The van der Waals surface area contributed by atoms with Crippen molar-refractivity contribution < 1.29 is 9.18 Å². The van der Waals surface area contributed by atoms with Crippen LogP contribution in [0.3, 0.4) is 0 Å². The van der Waals surface area contributed by atoms with Crippen LogP contribution in [0.4, 0.5) is 4.39 Å². The average molecular weight is 475 g/mol. The summed E-state index contributed by atoms with van der Waals surface area (Å²) in [7, 11) is 0. The van der Waals surface area contributed by atoms with E-state index in [-0.39, 0.29) is 17.6 Å². The van der Waals surface area contributed by atoms with Gasteiger partial charge in [-0.1, -0.05) is 18.6 Å². The molecule has 4 heterocycles. The Labute approximate surface area is 204 Å². The molecule has 2 atom stereocenters. The number of nitrogens with one attached hydrogen (secondary N) is 1. The van der Waals surface area contributed by atoms with E-state index in [1.165, 1.54) is 51.3 Å². The molecular weight excluding hydrogens is 443 g/mol. The van der Waals surface area contributed by atoms with Crippen molar-refractivity contribution in [3.05, 3.63) is 59.8 Å². The normalized spacial score (nSPS) is 22.5. The molecule has 1 saturated carbocycles. The van der Waals surface area contributed by atoms with Crippen molar-refractivity contribution in [3.8, 4) is 17.2 Å². The smallest absolute Gasteiger partial charge is 0.254 e. The van der Waals surface area contributed by atoms with Crippen LogP contribution in [0, 0.1) is 11.7 Å². The Kier molecular flexibility index (Phi) is 6.06. The zero-order valence-electron chi connectivity index (χ0n) is 19.9. The van der Waals surface area contributed by atoms with Gasteiger partial charge in [0.1, 0.15) is 5.82 Å². The summed E-state index contributed by atoms with van der Waals surface area (Å²) in [6.07, 6.45) is 11.5. The molecule has 3 aromatic rings. The first kappa shape index (κ1) is 22.3. The zero-order chi connectivity index (χ0) is 23.8. The topological polar surface area (TPSA) is 75.9 Å². The lowest BCUT2D eigenvalue weighted by molar-refractivity contribution is 0.0575. The Morgan fingerprint density at radius 1 is 1.06 bits per heavy atom. The fraction of sp³-hybridized carbons (Fsp3) is 0.481. The Balaban J connectivity index is 1.23. The number of hydrogen-bond donors (Lipinski definition) is 1. The Bertz CT molecular complexity index is 1220. The minimum atomic E-state index is -0.334. The number of carbonyl (C=O) groups excluding carboxylic acids is 1. The van der Waals surface area contributed by atoms with Gasteiger partial charge in [-0.3, -0.25) is 4.79 Å². The van der Waals surface area contributed by atoms with Crippen molar-refractivity contribution in [2.45, 2.75) is 56.9 Å². The standard InChI is InChI=1S/C27H31FN6O/c28-22-8-2-1-7-20(22)23-12-13-29-27(32-23)34-25(18-10-11-18)21(17-31-34)26(35)30-16-19-6-5-15-33-14-4-3-9-24(19)33/h1-2,7-8,12-13,17-19,24H,3-6,9-11,14-16H2,(H,30,35)/t19-,24+/m0/s1. The van der Waals surface area contributed by atoms with Gasteiger partial charge in [0, 0.05) is 30.3 Å². The van der Waals surface area contributed by atoms with Crippen molar-refractivity contribution in [1.29, 1.82) is 0 Å². The number of hydrogen-bond acceptors (Lipinski definition) is 5. The van der Waals surface area contributed by atoms with E-state index in [9.17, 15) is 9.18 Å². The number of amides is 1. The first-order valence-electron chi connectivity index (χ1n) is 12.9. The van der Waals surface area contributed by atoms with E-state index >= 15 is 0 Å². The zero-order valence-corrected chi connectivity index (χ0v) is 19.9. The molecule has 0 bridgehead atoms. The van der Waals surface area contributed by atoms with Crippen LogP contribution in [0.5, 0.6) is 0 Å². The van der Waals surface area contributed by atoms with E-state index in [0.29, 0.717) is 41.3 Å². The molecule has 35 heavy (non-hydrogen) atoms. The van der Waals surface area contributed by atoms with Crippen LogP contribution in [-0.2, 0) is 0 Å². The molecule has 0 radical (unpaired) electrons. The minimum absolute atomic E-state index is 0.0728. The lowest BCUT2D eigenvalue weighted by Crippen LogP contribution is -2.51. The van der Waals surface area contributed by atoms with Crippen LogP contribution >= 0.6 is 0 Å². The summed E-state index contributed by atoms with van der Waals surface area (Å²) in [4.78, 5) is 24.9. The number of carbonyl (C=O) groups is 1. The third-order valence-corrected chi connectivity index (χ3v) is 7.75. The van der Waals surface area contributed by atoms with Crippen LogP contribution in [0.15, 0.2) is 42.7 Å². The highest BCUT2D eigenvalue weighted by Crippen LogP contribution is 2.42. The van der Waals surface area contributed by atoms with E-state index in [1.54, 1.807) is 41.3 Å². The molecule has 6 rings (SSSR count). The van der Waals surface area contributed by atoms with Crippen LogP contribution in [0.2, 0.25) is 0 Å². The van der Waals surface area contributed by atoms with Gasteiger partial charge < -0.3 is 10.2 Å². The molecule has 1 N–H and O–H groups in total. The predicted molar refractivity (Wildman–Crippen MR) is 131 cm³/mol. The lowest BCUT2D eigenvalue weighted by atomic mass is 9.83. The molecule has 1 aromatic carbocycles. The molecule has 2 saturated heterocycles. The Hall–Kier alpha value is -3.13. The van der Waals surface area contributed by atoms with Crippen LogP contribution < -0.4 is 5.32 Å². The number of nitrogens with zero attached hydrogens (tertiary/aromatic N) is 5. The molecule has 3 fully saturated rings. The summed E-state index contributed by atoms with van der Waals surface area (Å²) in [5.74, 6) is 0.725. The van der Waals surface area contributed by atoms with E-state index in [4.69, 9.17) is 0 Å². The molecule has 2 aliphatic heterocycles. The number of fused-ring (bicyclic) bond motifs is 1. The van der Waals surface area contributed by atoms with Gasteiger partial charge in [-0.2, -0.15) is 5.10 Å². The summed E-state index contributed by atoms with van der Waals surface area (Å²) in [5, 5.41) is 7.74. The lowest BCUT2D eigenvalue weighted by Gasteiger charge is -2.44. The van der Waals surface area contributed by atoms with Gasteiger partial charge in [0.25, 0.3) is 11.9 Å². The van der Waals surface area contributed by atoms with Gasteiger partial charge in [-0.15, -0.1) is 0 Å². The van der Waals surface area contributed by atoms with Gasteiger partial charge in [0.05, 0.1) is 23.1 Å². The fourth-order valence-corrected chi connectivity index (χ4v) is 5.85. The molecule has 0 unspecified atom stereocenters. The summed E-state index contributed by atoms with van der Waals surface area (Å²) >= 11 is 0. The number of halogens is 1. The number of benzene rings is 1. The van der Waals surface area contributed by atoms with E-state index in [1.807, 2.05) is 0 Å². The summed E-state index contributed by atoms with van der Waals surface area (Å²) in [6.45, 7) is 3.09.